The molecule has 2 aromatic rings. The summed E-state index contributed by atoms with van der Waals surface area (Å²) in [5, 5.41) is 7.97. The van der Waals surface area contributed by atoms with Gasteiger partial charge in [0.05, 0.1) is 0 Å². The van der Waals surface area contributed by atoms with Gasteiger partial charge in [0.2, 0.25) is 0 Å². The third kappa shape index (κ3) is 3.07. The van der Waals surface area contributed by atoms with E-state index in [2.05, 4.69) is 22.1 Å². The Kier molecular flexibility index (Phi) is 3.77. The third-order valence-electron chi connectivity index (χ3n) is 2.42. The Labute approximate surface area is 104 Å². The third-order valence-corrected chi connectivity index (χ3v) is 3.30. The average molecular weight is 246 g/mol. The molecule has 0 aliphatic rings. The maximum atomic E-state index is 11.3. The Hall–Kier alpha value is -1.81. The molecule has 1 aromatic heterocycles. The number of carbonyl (C=O) groups is 1. The molecule has 0 aliphatic carbocycles. The average Bonchev–Trinajstić information content (AvgIpc) is 2.89. The van der Waals surface area contributed by atoms with Gasteiger partial charge < -0.3 is 10.6 Å². The van der Waals surface area contributed by atoms with Crippen LogP contribution in [0.2, 0.25) is 0 Å². The van der Waals surface area contributed by atoms with Crippen molar-refractivity contribution in [1.29, 1.82) is 0 Å². The molecule has 0 fully saturated rings. The summed E-state index contributed by atoms with van der Waals surface area (Å²) in [5.74, 6) is -0.0604. The summed E-state index contributed by atoms with van der Waals surface area (Å²) in [5.41, 5.74) is 1.69. The fourth-order valence-electron chi connectivity index (χ4n) is 1.49. The Morgan fingerprint density at radius 2 is 2.00 bits per heavy atom. The molecular formula is C13H14N2OS. The van der Waals surface area contributed by atoms with Crippen molar-refractivity contribution in [2.75, 3.05) is 12.4 Å². The monoisotopic (exact) mass is 246 g/mol. The van der Waals surface area contributed by atoms with Crippen LogP contribution in [0.3, 0.4) is 0 Å². The van der Waals surface area contributed by atoms with Crippen molar-refractivity contribution in [1.82, 2.24) is 5.32 Å². The van der Waals surface area contributed by atoms with E-state index in [0.29, 0.717) is 5.56 Å². The topological polar surface area (TPSA) is 41.1 Å². The lowest BCUT2D eigenvalue weighted by molar-refractivity contribution is 0.0963. The molecule has 0 spiro atoms. The summed E-state index contributed by atoms with van der Waals surface area (Å²) >= 11 is 1.73. The molecule has 17 heavy (non-hydrogen) atoms. The first kappa shape index (κ1) is 11.7. The van der Waals surface area contributed by atoms with Crippen molar-refractivity contribution in [2.45, 2.75) is 6.54 Å². The second-order valence-corrected chi connectivity index (χ2v) is 4.62. The fraction of sp³-hybridized carbons (Fsp3) is 0.154. The summed E-state index contributed by atoms with van der Waals surface area (Å²) in [6.45, 7) is 0.816. The molecule has 88 valence electrons. The molecule has 4 heteroatoms. The molecule has 2 rings (SSSR count). The molecule has 0 saturated heterocycles. The summed E-state index contributed by atoms with van der Waals surface area (Å²) in [6.07, 6.45) is 0. The van der Waals surface area contributed by atoms with E-state index in [0.717, 1.165) is 12.2 Å². The molecule has 0 unspecified atom stereocenters. The van der Waals surface area contributed by atoms with Gasteiger partial charge in [-0.3, -0.25) is 4.79 Å². The molecule has 3 nitrogen and oxygen atoms in total. The van der Waals surface area contributed by atoms with Gasteiger partial charge in [-0.15, -0.1) is 11.3 Å². The van der Waals surface area contributed by atoms with Crippen LogP contribution in [0, 0.1) is 0 Å². The SMILES string of the molecule is CNC(=O)c1ccc(NCc2cccs2)cc1. The summed E-state index contributed by atoms with van der Waals surface area (Å²) in [7, 11) is 1.63. The number of anilines is 1. The first-order chi connectivity index (χ1) is 8.29. The number of carbonyl (C=O) groups excluding carboxylic acids is 1. The van der Waals surface area contributed by atoms with Crippen LogP contribution in [-0.4, -0.2) is 13.0 Å². The highest BCUT2D eigenvalue weighted by Gasteiger charge is 2.01. The van der Waals surface area contributed by atoms with Crippen LogP contribution < -0.4 is 10.6 Å². The summed E-state index contributed by atoms with van der Waals surface area (Å²) < 4.78 is 0. The lowest BCUT2D eigenvalue weighted by atomic mass is 10.2. The highest BCUT2D eigenvalue weighted by atomic mass is 32.1. The zero-order valence-electron chi connectivity index (χ0n) is 9.57. The molecule has 2 N–H and O–H groups in total. The molecule has 0 bridgehead atoms. The minimum absolute atomic E-state index is 0.0604. The van der Waals surface area contributed by atoms with Crippen LogP contribution in [0.4, 0.5) is 5.69 Å². The van der Waals surface area contributed by atoms with E-state index in [1.165, 1.54) is 4.88 Å². The predicted molar refractivity (Wildman–Crippen MR) is 71.5 cm³/mol. The van der Waals surface area contributed by atoms with Crippen molar-refractivity contribution in [3.05, 3.63) is 52.2 Å². The van der Waals surface area contributed by atoms with Gasteiger partial charge in [0.1, 0.15) is 0 Å². The summed E-state index contributed by atoms with van der Waals surface area (Å²) in [6, 6.07) is 11.6. The van der Waals surface area contributed by atoms with Crippen LogP contribution in [0.15, 0.2) is 41.8 Å². The molecule has 0 aliphatic heterocycles. The van der Waals surface area contributed by atoms with Gasteiger partial charge in [0.25, 0.3) is 5.91 Å². The number of nitrogens with one attached hydrogen (secondary N) is 2. The van der Waals surface area contributed by atoms with Gasteiger partial charge in [0.15, 0.2) is 0 Å². The second kappa shape index (κ2) is 5.50. The fourth-order valence-corrected chi connectivity index (χ4v) is 2.13. The van der Waals surface area contributed by atoms with Crippen LogP contribution in [-0.2, 0) is 6.54 Å². The van der Waals surface area contributed by atoms with Crippen molar-refractivity contribution in [2.24, 2.45) is 0 Å². The molecule has 1 amide bonds. The van der Waals surface area contributed by atoms with Gasteiger partial charge in [-0.05, 0) is 35.7 Å². The van der Waals surface area contributed by atoms with Crippen LogP contribution in [0.5, 0.6) is 0 Å². The zero-order valence-corrected chi connectivity index (χ0v) is 10.4. The normalized spacial score (nSPS) is 9.94. The minimum Gasteiger partial charge on any atom is -0.380 e. The number of thiophene rings is 1. The van der Waals surface area contributed by atoms with Crippen molar-refractivity contribution < 1.29 is 4.79 Å². The Bertz CT molecular complexity index is 477. The number of amides is 1. The molecular weight excluding hydrogens is 232 g/mol. The van der Waals surface area contributed by atoms with Gasteiger partial charge in [0, 0.05) is 29.7 Å². The van der Waals surface area contributed by atoms with Crippen LogP contribution in [0.25, 0.3) is 0 Å². The van der Waals surface area contributed by atoms with Crippen molar-refractivity contribution in [3.63, 3.8) is 0 Å². The molecule has 1 heterocycles. The van der Waals surface area contributed by atoms with Gasteiger partial charge in [-0.1, -0.05) is 6.07 Å². The van der Waals surface area contributed by atoms with Gasteiger partial charge in [-0.2, -0.15) is 0 Å². The molecule has 1 aromatic carbocycles. The minimum atomic E-state index is -0.0604. The largest absolute Gasteiger partial charge is 0.380 e. The molecule has 0 radical (unpaired) electrons. The van der Waals surface area contributed by atoms with Crippen molar-refractivity contribution >= 4 is 22.9 Å². The standard InChI is InChI=1S/C13H14N2OS/c1-14-13(16)10-4-6-11(7-5-10)15-9-12-3-2-8-17-12/h2-8,15H,9H2,1H3,(H,14,16). The lowest BCUT2D eigenvalue weighted by Crippen LogP contribution is -2.17. The number of hydrogen-bond acceptors (Lipinski definition) is 3. The van der Waals surface area contributed by atoms with E-state index < -0.39 is 0 Å². The smallest absolute Gasteiger partial charge is 0.251 e. The van der Waals surface area contributed by atoms with E-state index in [9.17, 15) is 4.79 Å². The van der Waals surface area contributed by atoms with E-state index >= 15 is 0 Å². The van der Waals surface area contributed by atoms with E-state index in [1.807, 2.05) is 30.3 Å². The van der Waals surface area contributed by atoms with Crippen LogP contribution >= 0.6 is 11.3 Å². The van der Waals surface area contributed by atoms with Crippen LogP contribution in [0.1, 0.15) is 15.2 Å². The molecule has 0 saturated carbocycles. The predicted octanol–water partition coefficient (Wildman–Crippen LogP) is 2.72. The van der Waals surface area contributed by atoms with E-state index in [1.54, 1.807) is 18.4 Å². The Morgan fingerprint density at radius 1 is 1.24 bits per heavy atom. The Morgan fingerprint density at radius 3 is 2.59 bits per heavy atom. The summed E-state index contributed by atoms with van der Waals surface area (Å²) in [4.78, 5) is 12.6. The highest BCUT2D eigenvalue weighted by molar-refractivity contribution is 7.09. The van der Waals surface area contributed by atoms with Gasteiger partial charge >= 0.3 is 0 Å². The second-order valence-electron chi connectivity index (χ2n) is 3.59. The van der Waals surface area contributed by atoms with E-state index in [-0.39, 0.29) is 5.91 Å². The number of benzene rings is 1. The maximum absolute atomic E-state index is 11.3. The lowest BCUT2D eigenvalue weighted by Gasteiger charge is -2.05. The quantitative estimate of drug-likeness (QED) is 0.871. The maximum Gasteiger partial charge on any atom is 0.251 e. The number of rotatable bonds is 4. The number of hydrogen-bond donors (Lipinski definition) is 2. The van der Waals surface area contributed by atoms with Crippen molar-refractivity contribution in [3.8, 4) is 0 Å². The first-order valence-electron chi connectivity index (χ1n) is 5.38. The zero-order chi connectivity index (χ0) is 12.1. The highest BCUT2D eigenvalue weighted by Crippen LogP contribution is 2.13. The Balaban J connectivity index is 1.96. The first-order valence-corrected chi connectivity index (χ1v) is 6.26. The molecule has 0 atom stereocenters. The van der Waals surface area contributed by atoms with Gasteiger partial charge in [-0.25, -0.2) is 0 Å². The van der Waals surface area contributed by atoms with E-state index in [4.69, 9.17) is 0 Å².